The fourth-order valence-electron chi connectivity index (χ4n) is 2.24. The van der Waals surface area contributed by atoms with Crippen molar-refractivity contribution in [3.8, 4) is 0 Å². The van der Waals surface area contributed by atoms with E-state index in [1.807, 2.05) is 0 Å². The Morgan fingerprint density at radius 2 is 2.00 bits per heavy atom. The molecule has 14 heavy (non-hydrogen) atoms. The van der Waals surface area contributed by atoms with Crippen LogP contribution in [0.2, 0.25) is 0 Å². The van der Waals surface area contributed by atoms with Crippen LogP contribution in [0.5, 0.6) is 0 Å². The molecule has 0 aliphatic heterocycles. The van der Waals surface area contributed by atoms with Crippen LogP contribution < -0.4 is 0 Å². The van der Waals surface area contributed by atoms with E-state index in [9.17, 15) is 0 Å². The second-order valence-electron chi connectivity index (χ2n) is 4.92. The number of aromatic amines is 1. The van der Waals surface area contributed by atoms with Crippen LogP contribution in [0.15, 0.2) is 18.1 Å². The van der Waals surface area contributed by atoms with Gasteiger partial charge in [-0.1, -0.05) is 0 Å². The molecule has 0 saturated carbocycles. The standard InChI is InChI=1S/C12H16BN/c1-8-10(12(2,3)4)9-6-5-7-13-11(9)14-8/h5-7,14H,1-4H3. The monoisotopic (exact) mass is 185 g/mol. The van der Waals surface area contributed by atoms with Crippen LogP contribution in [0.3, 0.4) is 0 Å². The summed E-state index contributed by atoms with van der Waals surface area (Å²) in [6.45, 7) is 11.1. The van der Waals surface area contributed by atoms with E-state index in [-0.39, 0.29) is 5.41 Å². The van der Waals surface area contributed by atoms with Crippen molar-refractivity contribution in [1.82, 2.24) is 4.98 Å². The summed E-state index contributed by atoms with van der Waals surface area (Å²) in [6.07, 6.45) is 0. The number of aromatic nitrogens is 1. The van der Waals surface area contributed by atoms with Crippen molar-refractivity contribution in [2.24, 2.45) is 0 Å². The number of aryl methyl sites for hydroxylation is 1. The number of hydrogen-bond acceptors (Lipinski definition) is 0. The van der Waals surface area contributed by atoms with Crippen molar-refractivity contribution in [2.45, 2.75) is 33.1 Å². The molecular formula is C12H16BN. The normalized spacial score (nSPS) is 12.0. The Bertz CT molecular complexity index is 463. The van der Waals surface area contributed by atoms with E-state index >= 15 is 0 Å². The molecule has 0 unspecified atom stereocenters. The van der Waals surface area contributed by atoms with Gasteiger partial charge in [0.15, 0.2) is 0 Å². The van der Waals surface area contributed by atoms with Crippen LogP contribution in [0, 0.1) is 6.92 Å². The minimum atomic E-state index is 0.212. The molecule has 2 heteroatoms. The molecule has 0 fully saturated rings. The minimum absolute atomic E-state index is 0.212. The van der Waals surface area contributed by atoms with Crippen molar-refractivity contribution >= 4 is 17.7 Å². The maximum atomic E-state index is 3.43. The van der Waals surface area contributed by atoms with Crippen molar-refractivity contribution in [1.29, 1.82) is 0 Å². The first-order valence-electron chi connectivity index (χ1n) is 5.08. The molecule has 0 spiro atoms. The molecule has 0 aliphatic rings. The summed E-state index contributed by atoms with van der Waals surface area (Å²) in [5.74, 6) is 2.07. The second-order valence-corrected chi connectivity index (χ2v) is 4.92. The number of fused-ring (bicyclic) bond motifs is 1. The second kappa shape index (κ2) is 2.98. The van der Waals surface area contributed by atoms with Crippen LogP contribution in [-0.2, 0) is 5.41 Å². The Morgan fingerprint density at radius 3 is 2.64 bits per heavy atom. The first-order valence-corrected chi connectivity index (χ1v) is 5.08. The molecule has 2 heterocycles. The average molecular weight is 185 g/mol. The zero-order valence-corrected chi connectivity index (χ0v) is 9.31. The summed E-state index contributed by atoms with van der Waals surface area (Å²) >= 11 is 0. The van der Waals surface area contributed by atoms with Gasteiger partial charge in [0.1, 0.15) is 0 Å². The summed E-state index contributed by atoms with van der Waals surface area (Å²) in [5, 5.41) is 1.36. The fourth-order valence-corrected chi connectivity index (χ4v) is 2.24. The molecule has 0 aromatic carbocycles. The zero-order chi connectivity index (χ0) is 10.3. The van der Waals surface area contributed by atoms with Gasteiger partial charge in [-0.25, -0.2) is 0 Å². The molecule has 72 valence electrons. The number of rotatable bonds is 0. The van der Waals surface area contributed by atoms with Crippen LogP contribution >= 0.6 is 0 Å². The van der Waals surface area contributed by atoms with E-state index in [2.05, 4.69) is 57.7 Å². The Balaban J connectivity index is 2.81. The summed E-state index contributed by atoms with van der Waals surface area (Å²) in [5.41, 5.74) is 4.19. The third-order valence-electron chi connectivity index (χ3n) is 2.64. The summed E-state index contributed by atoms with van der Waals surface area (Å²) < 4.78 is 0. The molecule has 0 saturated heterocycles. The summed E-state index contributed by atoms with van der Waals surface area (Å²) in [6, 6.07) is 4.30. The summed E-state index contributed by atoms with van der Waals surface area (Å²) in [7, 11) is 0. The van der Waals surface area contributed by atoms with Gasteiger partial charge in [-0.15, -0.1) is 0 Å². The van der Waals surface area contributed by atoms with E-state index in [1.165, 1.54) is 22.1 Å². The first-order chi connectivity index (χ1) is 6.50. The van der Waals surface area contributed by atoms with E-state index in [4.69, 9.17) is 0 Å². The number of H-pyrrole nitrogens is 1. The molecule has 2 rings (SSSR count). The van der Waals surface area contributed by atoms with Gasteiger partial charge in [-0.05, 0) is 0 Å². The van der Waals surface area contributed by atoms with Crippen LogP contribution in [0.1, 0.15) is 32.0 Å². The number of nitrogens with one attached hydrogen (secondary N) is 1. The molecule has 1 nitrogen and oxygen atoms in total. The maximum absolute atomic E-state index is 3.43. The van der Waals surface area contributed by atoms with Gasteiger partial charge in [0.25, 0.3) is 0 Å². The molecule has 0 radical (unpaired) electrons. The van der Waals surface area contributed by atoms with Crippen LogP contribution in [-0.4, -0.2) is 11.9 Å². The summed E-state index contributed by atoms with van der Waals surface area (Å²) in [4.78, 5) is 3.43. The quantitative estimate of drug-likeness (QED) is 0.648. The molecule has 1 N–H and O–H groups in total. The third-order valence-corrected chi connectivity index (χ3v) is 2.64. The van der Waals surface area contributed by atoms with E-state index in [1.54, 1.807) is 0 Å². The van der Waals surface area contributed by atoms with Gasteiger partial charge in [-0.2, -0.15) is 0 Å². The third kappa shape index (κ3) is 1.39. The Hall–Kier alpha value is -1.05. The Kier molecular flexibility index (Phi) is 2.02. The number of hydrogen-bond donors (Lipinski definition) is 1. The van der Waals surface area contributed by atoms with Crippen LogP contribution in [0.25, 0.3) is 10.8 Å². The molecular weight excluding hydrogens is 169 g/mol. The molecule has 2 aromatic heterocycles. The van der Waals surface area contributed by atoms with Gasteiger partial charge >= 0.3 is 85.2 Å². The fraction of sp³-hybridized carbons (Fsp3) is 0.417. The van der Waals surface area contributed by atoms with Gasteiger partial charge in [0, 0.05) is 0 Å². The van der Waals surface area contributed by atoms with Crippen molar-refractivity contribution in [3.05, 3.63) is 29.4 Å². The van der Waals surface area contributed by atoms with Gasteiger partial charge in [0.05, 0.1) is 0 Å². The van der Waals surface area contributed by atoms with Crippen molar-refractivity contribution in [3.63, 3.8) is 0 Å². The molecule has 0 amide bonds. The topological polar surface area (TPSA) is 15.8 Å². The first kappa shape index (κ1) is 9.51. The van der Waals surface area contributed by atoms with Gasteiger partial charge < -0.3 is 0 Å². The van der Waals surface area contributed by atoms with Crippen LogP contribution in [0.4, 0.5) is 0 Å². The molecule has 0 atom stereocenters. The Labute approximate surface area is 85.7 Å². The van der Waals surface area contributed by atoms with Gasteiger partial charge in [-0.3, -0.25) is 0 Å². The molecule has 0 bridgehead atoms. The van der Waals surface area contributed by atoms with Crippen molar-refractivity contribution in [2.75, 3.05) is 0 Å². The molecule has 2 aromatic rings. The zero-order valence-electron chi connectivity index (χ0n) is 9.31. The van der Waals surface area contributed by atoms with Gasteiger partial charge in [0.2, 0.25) is 0 Å². The van der Waals surface area contributed by atoms with Crippen molar-refractivity contribution < 1.29 is 0 Å². The predicted molar refractivity (Wildman–Crippen MR) is 63.1 cm³/mol. The molecule has 0 aliphatic carbocycles. The SMILES string of the molecule is Cc1[nH]c2bcccc2c1C(C)(C)C. The van der Waals surface area contributed by atoms with E-state index in [0.717, 1.165) is 0 Å². The average Bonchev–Trinajstić information content (AvgIpc) is 2.38. The van der Waals surface area contributed by atoms with E-state index in [0.29, 0.717) is 0 Å². The Morgan fingerprint density at radius 1 is 1.29 bits per heavy atom. The predicted octanol–water partition coefficient (Wildman–Crippen LogP) is 3.11. The van der Waals surface area contributed by atoms with E-state index < -0.39 is 0 Å².